The van der Waals surface area contributed by atoms with Gasteiger partial charge in [-0.2, -0.15) is 5.10 Å². The van der Waals surface area contributed by atoms with Crippen LogP contribution in [0.25, 0.3) is 5.69 Å². The van der Waals surface area contributed by atoms with Gasteiger partial charge < -0.3 is 5.32 Å². The zero-order chi connectivity index (χ0) is 18.5. The maximum atomic E-state index is 12.6. The molecule has 1 amide bonds. The highest BCUT2D eigenvalue weighted by molar-refractivity contribution is 8.00. The number of hydrogen-bond acceptors (Lipinski definition) is 5. The summed E-state index contributed by atoms with van der Waals surface area (Å²) in [5.41, 5.74) is 0.961. The van der Waals surface area contributed by atoms with Crippen molar-refractivity contribution < 1.29 is 4.79 Å². The molecule has 2 heterocycles. The standard InChI is InChI=1S/C18H22N6OS/c1-4-13(2)24-16(10-11-20-24)21-17(25)14(3)26-18-22-19-12-23(18)15-8-6-5-7-9-15/h5-14H,4H2,1-3H3,(H,21,25)/t13-,14-/m1/s1. The van der Waals surface area contributed by atoms with Gasteiger partial charge in [0.25, 0.3) is 0 Å². The third kappa shape index (κ3) is 3.96. The molecule has 1 aromatic carbocycles. The van der Waals surface area contributed by atoms with Gasteiger partial charge in [-0.05, 0) is 32.4 Å². The Kier molecular flexibility index (Phi) is 5.72. The maximum Gasteiger partial charge on any atom is 0.238 e. The van der Waals surface area contributed by atoms with E-state index in [0.717, 1.165) is 12.1 Å². The SMILES string of the molecule is CC[C@@H](C)n1nccc1NC(=O)[C@@H](C)Sc1nncn1-c1ccccc1. The van der Waals surface area contributed by atoms with E-state index in [0.29, 0.717) is 11.0 Å². The molecule has 2 aromatic heterocycles. The van der Waals surface area contributed by atoms with E-state index in [2.05, 4.69) is 34.5 Å². The van der Waals surface area contributed by atoms with Crippen LogP contribution in [0.1, 0.15) is 33.2 Å². The molecule has 0 saturated carbocycles. The second kappa shape index (κ2) is 8.18. The lowest BCUT2D eigenvalue weighted by Gasteiger charge is -2.16. The third-order valence-electron chi connectivity index (χ3n) is 4.13. The fourth-order valence-electron chi connectivity index (χ4n) is 2.45. The van der Waals surface area contributed by atoms with Gasteiger partial charge in [-0.15, -0.1) is 10.2 Å². The first-order valence-electron chi connectivity index (χ1n) is 8.56. The average Bonchev–Trinajstić information content (AvgIpc) is 3.31. The monoisotopic (exact) mass is 370 g/mol. The van der Waals surface area contributed by atoms with Crippen LogP contribution in [0.2, 0.25) is 0 Å². The highest BCUT2D eigenvalue weighted by Crippen LogP contribution is 2.25. The van der Waals surface area contributed by atoms with Crippen LogP contribution in [-0.4, -0.2) is 35.7 Å². The summed E-state index contributed by atoms with van der Waals surface area (Å²) in [6.07, 6.45) is 4.29. The minimum Gasteiger partial charge on any atom is -0.310 e. The third-order valence-corrected chi connectivity index (χ3v) is 5.19. The van der Waals surface area contributed by atoms with Crippen molar-refractivity contribution in [2.45, 2.75) is 43.6 Å². The number of benzene rings is 1. The fraction of sp³-hybridized carbons (Fsp3) is 0.333. The zero-order valence-corrected chi connectivity index (χ0v) is 15.8. The molecule has 0 unspecified atom stereocenters. The van der Waals surface area contributed by atoms with Gasteiger partial charge >= 0.3 is 0 Å². The number of carbonyl (C=O) groups excluding carboxylic acids is 1. The summed E-state index contributed by atoms with van der Waals surface area (Å²) in [5, 5.41) is 15.7. The first-order chi connectivity index (χ1) is 12.6. The first-order valence-corrected chi connectivity index (χ1v) is 9.44. The molecule has 0 saturated heterocycles. The Morgan fingerprint density at radius 2 is 2.00 bits per heavy atom. The van der Waals surface area contributed by atoms with Crippen molar-refractivity contribution in [3.05, 3.63) is 48.9 Å². The van der Waals surface area contributed by atoms with Crippen LogP contribution in [-0.2, 0) is 4.79 Å². The van der Waals surface area contributed by atoms with Crippen LogP contribution in [0, 0.1) is 0 Å². The number of amides is 1. The van der Waals surface area contributed by atoms with Crippen LogP contribution in [0.4, 0.5) is 5.82 Å². The van der Waals surface area contributed by atoms with Gasteiger partial charge in [-0.3, -0.25) is 9.36 Å². The second-order valence-electron chi connectivity index (χ2n) is 5.99. The lowest BCUT2D eigenvalue weighted by atomic mass is 10.3. The Hall–Kier alpha value is -2.61. The largest absolute Gasteiger partial charge is 0.310 e. The quantitative estimate of drug-likeness (QED) is 0.644. The Balaban J connectivity index is 1.70. The first kappa shape index (κ1) is 18.2. The Morgan fingerprint density at radius 1 is 1.23 bits per heavy atom. The zero-order valence-electron chi connectivity index (χ0n) is 15.0. The normalized spacial score (nSPS) is 13.3. The number of aromatic nitrogens is 5. The second-order valence-corrected chi connectivity index (χ2v) is 7.29. The molecule has 7 nitrogen and oxygen atoms in total. The van der Waals surface area contributed by atoms with Crippen molar-refractivity contribution in [1.29, 1.82) is 0 Å². The minimum atomic E-state index is -0.332. The number of nitrogens with zero attached hydrogens (tertiary/aromatic N) is 5. The van der Waals surface area contributed by atoms with Crippen LogP contribution >= 0.6 is 11.8 Å². The molecule has 0 bridgehead atoms. The van der Waals surface area contributed by atoms with Crippen LogP contribution in [0.3, 0.4) is 0 Å². The van der Waals surface area contributed by atoms with Crippen molar-refractivity contribution in [2.75, 3.05) is 5.32 Å². The van der Waals surface area contributed by atoms with E-state index in [1.165, 1.54) is 11.8 Å². The molecular formula is C18H22N6OS. The number of anilines is 1. The molecule has 2 atom stereocenters. The summed E-state index contributed by atoms with van der Waals surface area (Å²) in [5.74, 6) is 0.615. The summed E-state index contributed by atoms with van der Waals surface area (Å²) >= 11 is 1.37. The molecule has 3 aromatic rings. The molecule has 1 N–H and O–H groups in total. The topological polar surface area (TPSA) is 77.6 Å². The summed E-state index contributed by atoms with van der Waals surface area (Å²) in [6, 6.07) is 11.9. The Bertz CT molecular complexity index is 859. The highest BCUT2D eigenvalue weighted by Gasteiger charge is 2.20. The van der Waals surface area contributed by atoms with E-state index in [-0.39, 0.29) is 17.2 Å². The van der Waals surface area contributed by atoms with E-state index < -0.39 is 0 Å². The van der Waals surface area contributed by atoms with Gasteiger partial charge in [0, 0.05) is 11.8 Å². The highest BCUT2D eigenvalue weighted by atomic mass is 32.2. The number of carbonyl (C=O) groups is 1. The van der Waals surface area contributed by atoms with Gasteiger partial charge in [0.1, 0.15) is 12.1 Å². The number of rotatable bonds is 7. The van der Waals surface area contributed by atoms with Crippen LogP contribution in [0.5, 0.6) is 0 Å². The predicted octanol–water partition coefficient (Wildman–Crippen LogP) is 3.55. The van der Waals surface area contributed by atoms with E-state index >= 15 is 0 Å². The maximum absolute atomic E-state index is 12.6. The van der Waals surface area contributed by atoms with E-state index in [9.17, 15) is 4.79 Å². The molecule has 0 spiro atoms. The molecule has 3 rings (SSSR count). The molecule has 8 heteroatoms. The summed E-state index contributed by atoms with van der Waals surface area (Å²) in [6.45, 7) is 6.02. The molecule has 136 valence electrons. The lowest BCUT2D eigenvalue weighted by Crippen LogP contribution is -2.25. The molecule has 0 aliphatic heterocycles. The van der Waals surface area contributed by atoms with Gasteiger partial charge in [0.05, 0.1) is 17.5 Å². The van der Waals surface area contributed by atoms with Gasteiger partial charge in [0.15, 0.2) is 5.16 Å². The lowest BCUT2D eigenvalue weighted by molar-refractivity contribution is -0.115. The van der Waals surface area contributed by atoms with Crippen LogP contribution < -0.4 is 5.32 Å². The minimum absolute atomic E-state index is 0.0948. The fourth-order valence-corrected chi connectivity index (χ4v) is 3.29. The van der Waals surface area contributed by atoms with Crippen molar-refractivity contribution in [2.24, 2.45) is 0 Å². The Morgan fingerprint density at radius 3 is 2.73 bits per heavy atom. The molecule has 0 radical (unpaired) electrons. The summed E-state index contributed by atoms with van der Waals surface area (Å²) < 4.78 is 3.71. The van der Waals surface area contributed by atoms with Crippen molar-refractivity contribution in [1.82, 2.24) is 24.5 Å². The summed E-state index contributed by atoms with van der Waals surface area (Å²) in [7, 11) is 0. The number of hydrogen-bond donors (Lipinski definition) is 1. The molecule has 26 heavy (non-hydrogen) atoms. The molecule has 0 fully saturated rings. The van der Waals surface area contributed by atoms with Crippen molar-refractivity contribution in [3.8, 4) is 5.69 Å². The van der Waals surface area contributed by atoms with Crippen molar-refractivity contribution >= 4 is 23.5 Å². The number of para-hydroxylation sites is 1. The van der Waals surface area contributed by atoms with Gasteiger partial charge in [0.2, 0.25) is 5.91 Å². The van der Waals surface area contributed by atoms with Crippen LogP contribution in [0.15, 0.2) is 54.1 Å². The molecular weight excluding hydrogens is 348 g/mol. The molecule has 0 aliphatic rings. The summed E-state index contributed by atoms with van der Waals surface area (Å²) in [4.78, 5) is 12.6. The van der Waals surface area contributed by atoms with E-state index in [1.807, 2.05) is 52.6 Å². The predicted molar refractivity (Wildman–Crippen MR) is 103 cm³/mol. The van der Waals surface area contributed by atoms with Gasteiger partial charge in [-0.25, -0.2) is 4.68 Å². The van der Waals surface area contributed by atoms with Gasteiger partial charge in [-0.1, -0.05) is 36.9 Å². The average molecular weight is 370 g/mol. The van der Waals surface area contributed by atoms with E-state index in [4.69, 9.17) is 0 Å². The smallest absolute Gasteiger partial charge is 0.238 e. The number of nitrogens with one attached hydrogen (secondary N) is 1. The Labute approximate surface area is 156 Å². The number of thioether (sulfide) groups is 1. The molecule has 0 aliphatic carbocycles. The van der Waals surface area contributed by atoms with Crippen molar-refractivity contribution in [3.63, 3.8) is 0 Å². The van der Waals surface area contributed by atoms with E-state index in [1.54, 1.807) is 12.5 Å².